The van der Waals surface area contributed by atoms with Crippen molar-refractivity contribution in [3.8, 4) is 5.75 Å². The predicted molar refractivity (Wildman–Crippen MR) is 92.8 cm³/mol. The van der Waals surface area contributed by atoms with Crippen LogP contribution in [0.5, 0.6) is 5.75 Å². The number of nitrogens with one attached hydrogen (secondary N) is 1. The Kier molecular flexibility index (Phi) is 5.82. The molecule has 0 bridgehead atoms. The molecule has 0 aliphatic heterocycles. The largest absolute Gasteiger partial charge is 0.496 e. The highest BCUT2D eigenvalue weighted by Crippen LogP contribution is 2.27. The third kappa shape index (κ3) is 4.26. The van der Waals surface area contributed by atoms with Crippen molar-refractivity contribution in [1.82, 2.24) is 0 Å². The zero-order valence-electron chi connectivity index (χ0n) is 13.7. The van der Waals surface area contributed by atoms with E-state index in [0.29, 0.717) is 16.5 Å². The Hall–Kier alpha value is -2.53. The molecular formula is C18H18ClNO4. The molecule has 2 aromatic carbocycles. The van der Waals surface area contributed by atoms with Crippen LogP contribution < -0.4 is 10.1 Å². The second-order valence-electron chi connectivity index (χ2n) is 5.26. The lowest BCUT2D eigenvalue weighted by Crippen LogP contribution is -2.21. The fourth-order valence-corrected chi connectivity index (χ4v) is 2.64. The van der Waals surface area contributed by atoms with Crippen LogP contribution in [-0.4, -0.2) is 25.6 Å². The van der Waals surface area contributed by atoms with Gasteiger partial charge in [0.1, 0.15) is 11.3 Å². The zero-order valence-corrected chi connectivity index (χ0v) is 14.4. The molecule has 2 rings (SSSR count). The van der Waals surface area contributed by atoms with E-state index in [9.17, 15) is 9.59 Å². The van der Waals surface area contributed by atoms with Crippen molar-refractivity contribution in [2.45, 2.75) is 13.8 Å². The van der Waals surface area contributed by atoms with Crippen LogP contribution in [0, 0.1) is 13.8 Å². The number of halogens is 1. The van der Waals surface area contributed by atoms with Gasteiger partial charge in [0.15, 0.2) is 6.61 Å². The molecule has 0 fully saturated rings. The fraction of sp³-hybridized carbons (Fsp3) is 0.222. The quantitative estimate of drug-likeness (QED) is 0.836. The maximum atomic E-state index is 12.1. The molecule has 0 radical (unpaired) electrons. The molecule has 0 aliphatic carbocycles. The second kappa shape index (κ2) is 7.84. The first kappa shape index (κ1) is 17.8. The van der Waals surface area contributed by atoms with E-state index in [1.54, 1.807) is 30.3 Å². The van der Waals surface area contributed by atoms with Crippen LogP contribution in [0.15, 0.2) is 36.4 Å². The standard InChI is InChI=1S/C18H18ClNO4/c1-11-8-12(2)17(14(19)9-11)20-16(21)10-24-18(22)13-6-4-5-7-15(13)23-3/h4-9H,10H2,1-3H3,(H,20,21). The summed E-state index contributed by atoms with van der Waals surface area (Å²) in [6, 6.07) is 10.3. The first-order chi connectivity index (χ1) is 11.4. The molecule has 24 heavy (non-hydrogen) atoms. The molecular weight excluding hydrogens is 330 g/mol. The third-order valence-corrected chi connectivity index (χ3v) is 3.66. The molecule has 0 unspecified atom stereocenters. The van der Waals surface area contributed by atoms with Gasteiger partial charge in [0, 0.05) is 0 Å². The Morgan fingerprint density at radius 2 is 1.88 bits per heavy atom. The number of rotatable bonds is 5. The number of anilines is 1. The van der Waals surface area contributed by atoms with Crippen molar-refractivity contribution < 1.29 is 19.1 Å². The molecule has 0 aromatic heterocycles. The Labute approximate surface area is 145 Å². The van der Waals surface area contributed by atoms with E-state index in [1.807, 2.05) is 19.9 Å². The smallest absolute Gasteiger partial charge is 0.342 e. The summed E-state index contributed by atoms with van der Waals surface area (Å²) in [7, 11) is 1.46. The Morgan fingerprint density at radius 3 is 2.54 bits per heavy atom. The van der Waals surface area contributed by atoms with E-state index in [2.05, 4.69) is 5.32 Å². The van der Waals surface area contributed by atoms with Gasteiger partial charge in [-0.3, -0.25) is 4.79 Å². The Bertz CT molecular complexity index is 750. The van der Waals surface area contributed by atoms with E-state index in [0.717, 1.165) is 11.1 Å². The van der Waals surface area contributed by atoms with Crippen LogP contribution in [0.25, 0.3) is 0 Å². The molecule has 0 heterocycles. The number of carbonyl (C=O) groups is 2. The summed E-state index contributed by atoms with van der Waals surface area (Å²) < 4.78 is 10.1. The fourth-order valence-electron chi connectivity index (χ4n) is 2.27. The number of para-hydroxylation sites is 1. The number of methoxy groups -OCH3 is 1. The number of esters is 1. The number of aryl methyl sites for hydroxylation is 2. The predicted octanol–water partition coefficient (Wildman–Crippen LogP) is 3.76. The van der Waals surface area contributed by atoms with E-state index in [-0.39, 0.29) is 5.56 Å². The molecule has 1 N–H and O–H groups in total. The maximum Gasteiger partial charge on any atom is 0.342 e. The molecule has 0 saturated heterocycles. The minimum absolute atomic E-state index is 0.261. The SMILES string of the molecule is COc1ccccc1C(=O)OCC(=O)Nc1c(C)cc(C)cc1Cl. The number of ether oxygens (including phenoxy) is 2. The van der Waals surface area contributed by atoms with Gasteiger partial charge in [-0.25, -0.2) is 4.79 Å². The van der Waals surface area contributed by atoms with Crippen LogP contribution in [0.4, 0.5) is 5.69 Å². The monoisotopic (exact) mass is 347 g/mol. The minimum Gasteiger partial charge on any atom is -0.496 e. The lowest BCUT2D eigenvalue weighted by molar-refractivity contribution is -0.119. The van der Waals surface area contributed by atoms with Crippen molar-refractivity contribution in [2.24, 2.45) is 0 Å². The number of carbonyl (C=O) groups excluding carboxylic acids is 2. The molecule has 2 aromatic rings. The summed E-state index contributed by atoms with van der Waals surface area (Å²) in [5.41, 5.74) is 2.61. The number of hydrogen-bond acceptors (Lipinski definition) is 4. The molecule has 6 heteroatoms. The first-order valence-corrected chi connectivity index (χ1v) is 7.67. The second-order valence-corrected chi connectivity index (χ2v) is 5.67. The Balaban J connectivity index is 2.00. The average molecular weight is 348 g/mol. The summed E-state index contributed by atoms with van der Waals surface area (Å²) >= 11 is 6.14. The third-order valence-electron chi connectivity index (χ3n) is 3.36. The van der Waals surface area contributed by atoms with Crippen LogP contribution in [-0.2, 0) is 9.53 Å². The number of hydrogen-bond donors (Lipinski definition) is 1. The lowest BCUT2D eigenvalue weighted by atomic mass is 10.1. The van der Waals surface area contributed by atoms with Crippen LogP contribution in [0.2, 0.25) is 5.02 Å². The average Bonchev–Trinajstić information content (AvgIpc) is 2.55. The van der Waals surface area contributed by atoms with Gasteiger partial charge in [0.25, 0.3) is 5.91 Å². The van der Waals surface area contributed by atoms with Crippen LogP contribution in [0.1, 0.15) is 21.5 Å². The highest BCUT2D eigenvalue weighted by molar-refractivity contribution is 6.34. The van der Waals surface area contributed by atoms with Crippen molar-refractivity contribution >= 4 is 29.2 Å². The normalized spacial score (nSPS) is 10.2. The van der Waals surface area contributed by atoms with E-state index in [1.165, 1.54) is 7.11 Å². The van der Waals surface area contributed by atoms with Gasteiger partial charge in [0.05, 0.1) is 17.8 Å². The molecule has 126 valence electrons. The molecule has 5 nitrogen and oxygen atoms in total. The van der Waals surface area contributed by atoms with Gasteiger partial charge in [-0.2, -0.15) is 0 Å². The minimum atomic E-state index is -0.630. The topological polar surface area (TPSA) is 64.6 Å². The summed E-state index contributed by atoms with van der Waals surface area (Å²) in [5.74, 6) is -0.707. The van der Waals surface area contributed by atoms with Crippen molar-refractivity contribution in [2.75, 3.05) is 19.0 Å². The molecule has 0 aliphatic rings. The van der Waals surface area contributed by atoms with Gasteiger partial charge in [-0.15, -0.1) is 0 Å². The maximum absolute atomic E-state index is 12.1. The van der Waals surface area contributed by atoms with Crippen LogP contribution >= 0.6 is 11.6 Å². The van der Waals surface area contributed by atoms with Gasteiger partial charge in [-0.1, -0.05) is 29.8 Å². The van der Waals surface area contributed by atoms with Crippen molar-refractivity contribution in [3.63, 3.8) is 0 Å². The summed E-state index contributed by atoms with van der Waals surface area (Å²) in [6.07, 6.45) is 0. The molecule has 1 amide bonds. The summed E-state index contributed by atoms with van der Waals surface area (Å²) in [4.78, 5) is 24.1. The Morgan fingerprint density at radius 1 is 1.17 bits per heavy atom. The van der Waals surface area contributed by atoms with Crippen molar-refractivity contribution in [1.29, 1.82) is 0 Å². The number of benzene rings is 2. The highest BCUT2D eigenvalue weighted by Gasteiger charge is 2.16. The van der Waals surface area contributed by atoms with Gasteiger partial charge < -0.3 is 14.8 Å². The summed E-state index contributed by atoms with van der Waals surface area (Å²) in [5, 5.41) is 3.10. The zero-order chi connectivity index (χ0) is 17.7. The van der Waals surface area contributed by atoms with Crippen molar-refractivity contribution in [3.05, 3.63) is 58.1 Å². The van der Waals surface area contributed by atoms with E-state index in [4.69, 9.17) is 21.1 Å². The van der Waals surface area contributed by atoms with E-state index < -0.39 is 18.5 Å². The van der Waals surface area contributed by atoms with E-state index >= 15 is 0 Å². The summed E-state index contributed by atoms with van der Waals surface area (Å²) in [6.45, 7) is 3.34. The molecule has 0 atom stereocenters. The van der Waals surface area contributed by atoms with Crippen LogP contribution in [0.3, 0.4) is 0 Å². The number of amides is 1. The first-order valence-electron chi connectivity index (χ1n) is 7.29. The molecule has 0 spiro atoms. The van der Waals surface area contributed by atoms with Gasteiger partial charge in [0.2, 0.25) is 0 Å². The molecule has 0 saturated carbocycles. The lowest BCUT2D eigenvalue weighted by Gasteiger charge is -2.12. The van der Waals surface area contributed by atoms with Gasteiger partial charge in [-0.05, 0) is 43.2 Å². The highest BCUT2D eigenvalue weighted by atomic mass is 35.5. The van der Waals surface area contributed by atoms with Gasteiger partial charge >= 0.3 is 5.97 Å².